The molecule has 0 saturated heterocycles. The summed E-state index contributed by atoms with van der Waals surface area (Å²) in [5.41, 5.74) is 5.60. The Kier molecular flexibility index (Phi) is 7.39. The van der Waals surface area contributed by atoms with Crippen LogP contribution in [0.4, 0.5) is 0 Å². The Morgan fingerprint density at radius 3 is 2.75 bits per heavy atom. The normalized spacial score (nSPS) is 12.9. The van der Waals surface area contributed by atoms with Gasteiger partial charge in [0.05, 0.1) is 6.10 Å². The van der Waals surface area contributed by atoms with Gasteiger partial charge in [-0.3, -0.25) is 0 Å². The first-order valence-electron chi connectivity index (χ1n) is 5.12. The quantitative estimate of drug-likeness (QED) is 0.735. The summed E-state index contributed by atoms with van der Waals surface area (Å²) in [5, 5.41) is 8.14. The summed E-state index contributed by atoms with van der Waals surface area (Å²) in [5.74, 6) is 0.977. The number of hydrogen-bond donors (Lipinski definition) is 1. The number of rotatable bonds is 8. The Morgan fingerprint density at radius 2 is 2.19 bits per heavy atom. The van der Waals surface area contributed by atoms with Crippen LogP contribution in [0.2, 0.25) is 0 Å². The lowest BCUT2D eigenvalue weighted by Crippen LogP contribution is -2.24. The molecule has 0 aromatic carbocycles. The van der Waals surface area contributed by atoms with Crippen molar-refractivity contribution in [2.45, 2.75) is 28.1 Å². The molecule has 1 aromatic rings. The minimum Gasteiger partial charge on any atom is -0.377 e. The van der Waals surface area contributed by atoms with Crippen LogP contribution in [0.5, 0.6) is 0 Å². The Morgan fingerprint density at radius 1 is 1.44 bits per heavy atom. The summed E-state index contributed by atoms with van der Waals surface area (Å²) in [7, 11) is 0. The molecule has 1 aromatic heterocycles. The van der Waals surface area contributed by atoms with E-state index in [1.54, 1.807) is 34.9 Å². The third kappa shape index (κ3) is 5.01. The molecule has 0 aliphatic rings. The van der Waals surface area contributed by atoms with Crippen LogP contribution in [-0.2, 0) is 4.74 Å². The molecule has 2 N–H and O–H groups in total. The van der Waals surface area contributed by atoms with Gasteiger partial charge in [-0.05, 0) is 19.6 Å². The van der Waals surface area contributed by atoms with E-state index in [1.165, 1.54) is 0 Å². The molecule has 0 spiro atoms. The van der Waals surface area contributed by atoms with E-state index in [1.807, 2.05) is 13.2 Å². The van der Waals surface area contributed by atoms with Crippen LogP contribution in [0.15, 0.2) is 8.68 Å². The maximum Gasteiger partial charge on any atom is 0.175 e. The summed E-state index contributed by atoms with van der Waals surface area (Å²) in [6, 6.07) is 0. The van der Waals surface area contributed by atoms with Crippen molar-refractivity contribution in [2.24, 2.45) is 5.73 Å². The Bertz CT molecular complexity index is 295. The van der Waals surface area contributed by atoms with E-state index in [0.29, 0.717) is 6.54 Å². The van der Waals surface area contributed by atoms with Gasteiger partial charge >= 0.3 is 0 Å². The van der Waals surface area contributed by atoms with Crippen molar-refractivity contribution in [1.82, 2.24) is 10.2 Å². The Hall–Kier alpha value is 0.180. The number of aromatic nitrogens is 2. The van der Waals surface area contributed by atoms with E-state index in [0.717, 1.165) is 27.5 Å². The monoisotopic (exact) mass is 279 g/mol. The van der Waals surface area contributed by atoms with Gasteiger partial charge in [-0.15, -0.1) is 10.2 Å². The number of ether oxygens (including phenoxy) is 1. The highest BCUT2D eigenvalue weighted by atomic mass is 32.2. The van der Waals surface area contributed by atoms with Crippen molar-refractivity contribution in [1.29, 1.82) is 0 Å². The van der Waals surface area contributed by atoms with E-state index in [2.05, 4.69) is 10.2 Å². The summed E-state index contributed by atoms with van der Waals surface area (Å²) >= 11 is 4.99. The highest BCUT2D eigenvalue weighted by molar-refractivity contribution is 8.02. The largest absolute Gasteiger partial charge is 0.377 e. The molecule has 1 heterocycles. The molecule has 0 bridgehead atoms. The SMILES string of the molecule is CCOC(CN)CCSc1nnc(SC)s1. The molecular formula is C9H17N3OS3. The van der Waals surface area contributed by atoms with Gasteiger partial charge in [0.1, 0.15) is 0 Å². The van der Waals surface area contributed by atoms with E-state index in [9.17, 15) is 0 Å². The number of nitrogens with zero attached hydrogens (tertiary/aromatic N) is 2. The van der Waals surface area contributed by atoms with Gasteiger partial charge < -0.3 is 10.5 Å². The zero-order valence-electron chi connectivity index (χ0n) is 9.51. The summed E-state index contributed by atoms with van der Waals surface area (Å²) in [4.78, 5) is 0. The molecule has 1 rings (SSSR count). The molecule has 0 saturated carbocycles. The summed E-state index contributed by atoms with van der Waals surface area (Å²) < 4.78 is 7.52. The maximum absolute atomic E-state index is 5.60. The number of nitrogens with two attached hydrogens (primary N) is 1. The van der Waals surface area contributed by atoms with Gasteiger partial charge in [-0.25, -0.2) is 0 Å². The van der Waals surface area contributed by atoms with Crippen molar-refractivity contribution in [2.75, 3.05) is 25.2 Å². The van der Waals surface area contributed by atoms with Gasteiger partial charge in [0.15, 0.2) is 8.68 Å². The molecule has 0 aliphatic heterocycles. The molecule has 1 unspecified atom stereocenters. The molecule has 0 amide bonds. The molecule has 0 fully saturated rings. The Balaban J connectivity index is 2.23. The van der Waals surface area contributed by atoms with Crippen LogP contribution in [0, 0.1) is 0 Å². The van der Waals surface area contributed by atoms with E-state index in [4.69, 9.17) is 10.5 Å². The van der Waals surface area contributed by atoms with Crippen LogP contribution < -0.4 is 5.73 Å². The second-order valence-electron chi connectivity index (χ2n) is 2.99. The molecular weight excluding hydrogens is 262 g/mol. The predicted octanol–water partition coefficient (Wildman–Crippen LogP) is 2.11. The first-order chi connectivity index (χ1) is 7.80. The van der Waals surface area contributed by atoms with Crippen LogP contribution in [0.1, 0.15) is 13.3 Å². The average molecular weight is 279 g/mol. The fourth-order valence-corrected chi connectivity index (χ4v) is 3.66. The van der Waals surface area contributed by atoms with Gasteiger partial charge in [0.25, 0.3) is 0 Å². The van der Waals surface area contributed by atoms with Crippen LogP contribution in [0.25, 0.3) is 0 Å². The van der Waals surface area contributed by atoms with Crippen LogP contribution in [0.3, 0.4) is 0 Å². The van der Waals surface area contributed by atoms with Crippen molar-refractivity contribution in [3.05, 3.63) is 0 Å². The second kappa shape index (κ2) is 8.30. The lowest BCUT2D eigenvalue weighted by Gasteiger charge is -2.13. The van der Waals surface area contributed by atoms with Crippen molar-refractivity contribution in [3.8, 4) is 0 Å². The summed E-state index contributed by atoms with van der Waals surface area (Å²) in [6.07, 6.45) is 3.14. The zero-order chi connectivity index (χ0) is 11.8. The second-order valence-corrected chi connectivity index (χ2v) is 6.36. The third-order valence-corrected chi connectivity index (χ3v) is 4.96. The molecule has 0 aliphatic carbocycles. The lowest BCUT2D eigenvalue weighted by atomic mass is 10.3. The standard InChI is InChI=1S/C9H17N3OS3/c1-3-13-7(6-10)4-5-15-9-12-11-8(14-2)16-9/h7H,3-6,10H2,1-2H3. The lowest BCUT2D eigenvalue weighted by molar-refractivity contribution is 0.0674. The molecule has 92 valence electrons. The van der Waals surface area contributed by atoms with Gasteiger partial charge in [-0.2, -0.15) is 0 Å². The van der Waals surface area contributed by atoms with Crippen molar-refractivity contribution in [3.63, 3.8) is 0 Å². The van der Waals surface area contributed by atoms with E-state index < -0.39 is 0 Å². The number of hydrogen-bond acceptors (Lipinski definition) is 7. The van der Waals surface area contributed by atoms with E-state index in [-0.39, 0.29) is 6.10 Å². The fraction of sp³-hybridized carbons (Fsp3) is 0.778. The van der Waals surface area contributed by atoms with Gasteiger partial charge in [-0.1, -0.05) is 34.9 Å². The highest BCUT2D eigenvalue weighted by Gasteiger charge is 2.08. The smallest absolute Gasteiger partial charge is 0.175 e. The molecule has 4 nitrogen and oxygen atoms in total. The molecule has 0 radical (unpaired) electrons. The number of thioether (sulfide) groups is 2. The topological polar surface area (TPSA) is 61.0 Å². The maximum atomic E-state index is 5.60. The fourth-order valence-electron chi connectivity index (χ4n) is 1.12. The molecule has 16 heavy (non-hydrogen) atoms. The minimum atomic E-state index is 0.172. The Labute approximate surface area is 109 Å². The third-order valence-electron chi connectivity index (χ3n) is 1.89. The van der Waals surface area contributed by atoms with Crippen molar-refractivity contribution < 1.29 is 4.74 Å². The highest BCUT2D eigenvalue weighted by Crippen LogP contribution is 2.27. The van der Waals surface area contributed by atoms with Crippen LogP contribution in [-0.4, -0.2) is 41.5 Å². The van der Waals surface area contributed by atoms with Gasteiger partial charge in [0, 0.05) is 18.9 Å². The molecule has 7 heteroatoms. The van der Waals surface area contributed by atoms with Crippen molar-refractivity contribution >= 4 is 34.9 Å². The molecule has 1 atom stereocenters. The minimum absolute atomic E-state index is 0.172. The van der Waals surface area contributed by atoms with E-state index >= 15 is 0 Å². The van der Waals surface area contributed by atoms with Gasteiger partial charge in [0.2, 0.25) is 0 Å². The first kappa shape index (κ1) is 14.2. The predicted molar refractivity (Wildman–Crippen MR) is 71.5 cm³/mol. The first-order valence-corrected chi connectivity index (χ1v) is 8.14. The average Bonchev–Trinajstić information content (AvgIpc) is 2.76. The van der Waals surface area contributed by atoms with Crippen LogP contribution >= 0.6 is 34.9 Å². The summed E-state index contributed by atoms with van der Waals surface area (Å²) in [6.45, 7) is 3.30. The zero-order valence-corrected chi connectivity index (χ0v) is 12.0.